The first-order valence-electron chi connectivity index (χ1n) is 9.86. The number of fused-ring (bicyclic) bond motifs is 1. The maximum absolute atomic E-state index is 12.3. The van der Waals surface area contributed by atoms with Gasteiger partial charge in [0, 0.05) is 37.1 Å². The molecule has 0 aliphatic heterocycles. The molecule has 0 aliphatic carbocycles. The number of esters is 1. The van der Waals surface area contributed by atoms with Gasteiger partial charge in [-0.05, 0) is 45.4 Å². The van der Waals surface area contributed by atoms with Crippen LogP contribution in [-0.4, -0.2) is 40.4 Å². The molecule has 0 N–H and O–H groups in total. The van der Waals surface area contributed by atoms with Crippen molar-refractivity contribution in [3.63, 3.8) is 0 Å². The standard InChI is InChI=1S/C22H28N4O3/c1-6-26(7-2)18-11-9-8-10-17(18)13-28-19(27)14-29-22-20-15(3)12-16(4)23-21(20)25(5)24-22/h8-12H,6-7,13-14H2,1-5H3. The van der Waals surface area contributed by atoms with Gasteiger partial charge in [0.15, 0.2) is 12.3 Å². The Morgan fingerprint density at radius 2 is 1.90 bits per heavy atom. The van der Waals surface area contributed by atoms with Gasteiger partial charge in [0.25, 0.3) is 0 Å². The van der Waals surface area contributed by atoms with Gasteiger partial charge in [-0.3, -0.25) is 0 Å². The molecule has 0 amide bonds. The number of carbonyl (C=O) groups is 1. The van der Waals surface area contributed by atoms with E-state index in [1.54, 1.807) is 4.68 Å². The van der Waals surface area contributed by atoms with E-state index in [4.69, 9.17) is 9.47 Å². The van der Waals surface area contributed by atoms with Crippen LogP contribution in [0.15, 0.2) is 30.3 Å². The van der Waals surface area contributed by atoms with Crippen molar-refractivity contribution in [2.24, 2.45) is 7.05 Å². The zero-order valence-corrected chi connectivity index (χ0v) is 17.7. The first-order chi connectivity index (χ1) is 13.9. The second kappa shape index (κ2) is 8.94. The lowest BCUT2D eigenvalue weighted by molar-refractivity contribution is -0.147. The first kappa shape index (κ1) is 20.6. The number of carbonyl (C=O) groups excluding carboxylic acids is 1. The fourth-order valence-corrected chi connectivity index (χ4v) is 3.48. The molecule has 0 bridgehead atoms. The number of aryl methyl sites for hydroxylation is 3. The molecular weight excluding hydrogens is 368 g/mol. The number of hydrogen-bond donors (Lipinski definition) is 0. The van der Waals surface area contributed by atoms with Crippen molar-refractivity contribution in [2.45, 2.75) is 34.3 Å². The van der Waals surface area contributed by atoms with Gasteiger partial charge < -0.3 is 14.4 Å². The molecule has 7 nitrogen and oxygen atoms in total. The van der Waals surface area contributed by atoms with E-state index in [2.05, 4.69) is 28.8 Å². The molecular formula is C22H28N4O3. The van der Waals surface area contributed by atoms with Crippen LogP contribution in [0.3, 0.4) is 0 Å². The second-order valence-electron chi connectivity index (χ2n) is 6.96. The fourth-order valence-electron chi connectivity index (χ4n) is 3.48. The number of pyridine rings is 1. The van der Waals surface area contributed by atoms with Crippen LogP contribution in [0.25, 0.3) is 11.0 Å². The van der Waals surface area contributed by atoms with Gasteiger partial charge in [0.1, 0.15) is 6.61 Å². The summed E-state index contributed by atoms with van der Waals surface area (Å²) in [5.41, 5.74) is 4.72. The minimum Gasteiger partial charge on any atom is -0.464 e. The van der Waals surface area contributed by atoms with E-state index < -0.39 is 5.97 Å². The summed E-state index contributed by atoms with van der Waals surface area (Å²) in [5, 5.41) is 5.18. The molecule has 0 aliphatic rings. The molecule has 0 saturated carbocycles. The van der Waals surface area contributed by atoms with Crippen molar-refractivity contribution in [3.05, 3.63) is 47.2 Å². The van der Waals surface area contributed by atoms with E-state index in [9.17, 15) is 4.79 Å². The Morgan fingerprint density at radius 1 is 1.17 bits per heavy atom. The Kier molecular flexibility index (Phi) is 6.36. The van der Waals surface area contributed by atoms with E-state index in [1.165, 1.54) is 0 Å². The van der Waals surface area contributed by atoms with Crippen LogP contribution in [0.5, 0.6) is 5.88 Å². The molecule has 3 aromatic rings. The second-order valence-corrected chi connectivity index (χ2v) is 6.96. The number of aromatic nitrogens is 3. The quantitative estimate of drug-likeness (QED) is 0.543. The van der Waals surface area contributed by atoms with E-state index in [1.807, 2.05) is 51.2 Å². The third-order valence-corrected chi connectivity index (χ3v) is 4.90. The summed E-state index contributed by atoms with van der Waals surface area (Å²) >= 11 is 0. The molecule has 0 atom stereocenters. The van der Waals surface area contributed by atoms with E-state index in [0.29, 0.717) is 5.88 Å². The number of nitrogens with zero attached hydrogens (tertiary/aromatic N) is 4. The van der Waals surface area contributed by atoms with Crippen molar-refractivity contribution >= 4 is 22.7 Å². The molecule has 0 fully saturated rings. The third kappa shape index (κ3) is 4.50. The lowest BCUT2D eigenvalue weighted by Crippen LogP contribution is -2.23. The Balaban J connectivity index is 1.66. The molecule has 0 radical (unpaired) electrons. The number of hydrogen-bond acceptors (Lipinski definition) is 6. The van der Waals surface area contributed by atoms with Gasteiger partial charge in [-0.15, -0.1) is 5.10 Å². The highest BCUT2D eigenvalue weighted by Crippen LogP contribution is 2.27. The Labute approximate surface area is 171 Å². The van der Waals surface area contributed by atoms with E-state index in [-0.39, 0.29) is 13.2 Å². The van der Waals surface area contributed by atoms with Crippen molar-refractivity contribution < 1.29 is 14.3 Å². The molecule has 0 spiro atoms. The van der Waals surface area contributed by atoms with Crippen LogP contribution in [-0.2, 0) is 23.2 Å². The van der Waals surface area contributed by atoms with Gasteiger partial charge >= 0.3 is 5.97 Å². The average molecular weight is 396 g/mol. The van der Waals surface area contributed by atoms with Gasteiger partial charge in [-0.1, -0.05) is 18.2 Å². The molecule has 3 rings (SSSR count). The average Bonchev–Trinajstić information content (AvgIpc) is 3.02. The molecule has 1 aromatic carbocycles. The van der Waals surface area contributed by atoms with Crippen molar-refractivity contribution in [1.29, 1.82) is 0 Å². The SMILES string of the molecule is CCN(CC)c1ccccc1COC(=O)COc1nn(C)c2nc(C)cc(C)c12. The highest BCUT2D eigenvalue weighted by atomic mass is 16.6. The summed E-state index contributed by atoms with van der Waals surface area (Å²) in [6.45, 7) is 9.92. The zero-order valence-electron chi connectivity index (χ0n) is 17.7. The zero-order chi connectivity index (χ0) is 21.0. The molecule has 0 saturated heterocycles. The minimum absolute atomic E-state index is 0.202. The van der Waals surface area contributed by atoms with Crippen LogP contribution in [0, 0.1) is 13.8 Å². The molecule has 154 valence electrons. The monoisotopic (exact) mass is 396 g/mol. The first-order valence-corrected chi connectivity index (χ1v) is 9.86. The van der Waals surface area contributed by atoms with Crippen molar-refractivity contribution in [1.82, 2.24) is 14.8 Å². The van der Waals surface area contributed by atoms with Crippen LogP contribution < -0.4 is 9.64 Å². The maximum Gasteiger partial charge on any atom is 0.344 e. The Bertz CT molecular complexity index is 1010. The summed E-state index contributed by atoms with van der Waals surface area (Å²) in [6, 6.07) is 9.94. The summed E-state index contributed by atoms with van der Waals surface area (Å²) in [6.07, 6.45) is 0. The number of para-hydroxylation sites is 1. The molecule has 29 heavy (non-hydrogen) atoms. The van der Waals surface area contributed by atoms with Crippen LogP contribution in [0.1, 0.15) is 30.7 Å². The smallest absolute Gasteiger partial charge is 0.344 e. The van der Waals surface area contributed by atoms with Crippen molar-refractivity contribution in [3.8, 4) is 5.88 Å². The number of anilines is 1. The predicted octanol–water partition coefficient (Wildman–Crippen LogP) is 3.55. The summed E-state index contributed by atoms with van der Waals surface area (Å²) < 4.78 is 12.8. The van der Waals surface area contributed by atoms with Gasteiger partial charge in [0.2, 0.25) is 5.88 Å². The third-order valence-electron chi connectivity index (χ3n) is 4.90. The maximum atomic E-state index is 12.3. The molecule has 2 aromatic heterocycles. The normalized spacial score (nSPS) is 10.9. The molecule has 0 unspecified atom stereocenters. The van der Waals surface area contributed by atoms with E-state index in [0.717, 1.165) is 46.6 Å². The highest BCUT2D eigenvalue weighted by Gasteiger charge is 2.16. The van der Waals surface area contributed by atoms with E-state index >= 15 is 0 Å². The lowest BCUT2D eigenvalue weighted by Gasteiger charge is -2.24. The number of benzene rings is 1. The summed E-state index contributed by atoms with van der Waals surface area (Å²) in [4.78, 5) is 19.0. The lowest BCUT2D eigenvalue weighted by atomic mass is 10.1. The summed E-state index contributed by atoms with van der Waals surface area (Å²) in [7, 11) is 1.81. The van der Waals surface area contributed by atoms with Gasteiger partial charge in [-0.25, -0.2) is 14.5 Å². The molecule has 2 heterocycles. The number of rotatable bonds is 8. The van der Waals surface area contributed by atoms with Gasteiger partial charge in [-0.2, -0.15) is 0 Å². The summed E-state index contributed by atoms with van der Waals surface area (Å²) in [5.74, 6) is -0.0381. The van der Waals surface area contributed by atoms with Crippen LogP contribution >= 0.6 is 0 Å². The fraction of sp³-hybridized carbons (Fsp3) is 0.409. The molecule has 7 heteroatoms. The highest BCUT2D eigenvalue weighted by molar-refractivity contribution is 5.85. The Morgan fingerprint density at radius 3 is 2.62 bits per heavy atom. The van der Waals surface area contributed by atoms with Crippen molar-refractivity contribution in [2.75, 3.05) is 24.6 Å². The number of ether oxygens (including phenoxy) is 2. The predicted molar refractivity (Wildman–Crippen MR) is 113 cm³/mol. The Hall–Kier alpha value is -3.09. The van der Waals surface area contributed by atoms with Crippen LogP contribution in [0.4, 0.5) is 5.69 Å². The topological polar surface area (TPSA) is 69.5 Å². The minimum atomic E-state index is -0.434. The van der Waals surface area contributed by atoms with Crippen LogP contribution in [0.2, 0.25) is 0 Å². The largest absolute Gasteiger partial charge is 0.464 e. The van der Waals surface area contributed by atoms with Gasteiger partial charge in [0.05, 0.1) is 5.39 Å².